The summed E-state index contributed by atoms with van der Waals surface area (Å²) in [6.45, 7) is 4.39. The van der Waals surface area contributed by atoms with Crippen LogP contribution in [0.5, 0.6) is 0 Å². The van der Waals surface area contributed by atoms with Crippen LogP contribution in [0.25, 0.3) is 0 Å². The Morgan fingerprint density at radius 1 is 0.533 bits per heavy atom. The number of hydrogen-bond donors (Lipinski definition) is 1. The van der Waals surface area contributed by atoms with Crippen molar-refractivity contribution >= 4 is 10.1 Å². The van der Waals surface area contributed by atoms with E-state index in [0.29, 0.717) is 12.8 Å². The van der Waals surface area contributed by atoms with Gasteiger partial charge in [-0.25, -0.2) is 4.39 Å². The van der Waals surface area contributed by atoms with Gasteiger partial charge in [0.2, 0.25) is 5.00 Å². The molecule has 0 fully saturated rings. The lowest BCUT2D eigenvalue weighted by molar-refractivity contribution is 0.203. The van der Waals surface area contributed by atoms with Crippen molar-refractivity contribution in [3.8, 4) is 0 Å². The van der Waals surface area contributed by atoms with Crippen LogP contribution in [0.15, 0.2) is 0 Å². The molecule has 0 heterocycles. The van der Waals surface area contributed by atoms with Gasteiger partial charge in [-0.1, -0.05) is 129 Å². The second-order valence-electron chi connectivity index (χ2n) is 9.22. The summed E-state index contributed by atoms with van der Waals surface area (Å²) in [5.74, 6) is 0. The van der Waals surface area contributed by atoms with Crippen LogP contribution in [0.1, 0.15) is 155 Å². The van der Waals surface area contributed by atoms with Crippen molar-refractivity contribution < 1.29 is 17.4 Å². The molecule has 30 heavy (non-hydrogen) atoms. The van der Waals surface area contributed by atoms with E-state index in [2.05, 4.69) is 13.8 Å². The Labute approximate surface area is 187 Å². The molecule has 1 unspecified atom stereocenters. The highest BCUT2D eigenvalue weighted by Gasteiger charge is 2.42. The van der Waals surface area contributed by atoms with Crippen molar-refractivity contribution in [1.29, 1.82) is 0 Å². The monoisotopic (exact) mass is 450 g/mol. The van der Waals surface area contributed by atoms with E-state index in [1.807, 2.05) is 0 Å². The van der Waals surface area contributed by atoms with Gasteiger partial charge in [-0.05, 0) is 25.7 Å². The minimum absolute atomic E-state index is 0.0706. The van der Waals surface area contributed by atoms with Gasteiger partial charge in [0.25, 0.3) is 10.1 Å². The molecule has 0 amide bonds. The van der Waals surface area contributed by atoms with E-state index in [1.54, 1.807) is 0 Å². The van der Waals surface area contributed by atoms with E-state index < -0.39 is 15.1 Å². The summed E-state index contributed by atoms with van der Waals surface area (Å²) in [7, 11) is -4.65. The van der Waals surface area contributed by atoms with Crippen LogP contribution in [0, 0.1) is 0 Å². The molecule has 182 valence electrons. The lowest BCUT2D eigenvalue weighted by Gasteiger charge is -2.22. The Morgan fingerprint density at radius 2 is 0.767 bits per heavy atom. The first kappa shape index (κ1) is 29.8. The first-order valence-electron chi connectivity index (χ1n) is 13.0. The molecule has 0 bridgehead atoms. The molecular formula is C25H51FO3S. The fourth-order valence-electron chi connectivity index (χ4n) is 4.14. The van der Waals surface area contributed by atoms with E-state index in [0.717, 1.165) is 51.4 Å². The van der Waals surface area contributed by atoms with Gasteiger partial charge in [-0.3, -0.25) is 4.55 Å². The van der Waals surface area contributed by atoms with Crippen LogP contribution in [0.3, 0.4) is 0 Å². The third-order valence-corrected chi connectivity index (χ3v) is 7.60. The molecule has 0 aromatic carbocycles. The summed E-state index contributed by atoms with van der Waals surface area (Å²) in [5.41, 5.74) is 0. The SMILES string of the molecule is CCCCCCCCCCCCCCCCC(F)(CCCCCCCC)S(=O)(=O)O. The number of hydrogen-bond acceptors (Lipinski definition) is 2. The highest BCUT2D eigenvalue weighted by molar-refractivity contribution is 7.87. The van der Waals surface area contributed by atoms with Crippen LogP contribution >= 0.6 is 0 Å². The first-order chi connectivity index (χ1) is 14.4. The minimum atomic E-state index is -4.65. The molecule has 0 rings (SSSR count). The Hall–Kier alpha value is -0.160. The summed E-state index contributed by atoms with van der Waals surface area (Å²) in [6.07, 6.45) is 22.5. The highest BCUT2D eigenvalue weighted by Crippen LogP contribution is 2.32. The maximum atomic E-state index is 14.9. The van der Waals surface area contributed by atoms with Gasteiger partial charge in [0, 0.05) is 0 Å². The van der Waals surface area contributed by atoms with Crippen molar-refractivity contribution in [2.75, 3.05) is 0 Å². The molecule has 0 aromatic rings. The van der Waals surface area contributed by atoms with Gasteiger partial charge in [0.1, 0.15) is 0 Å². The topological polar surface area (TPSA) is 54.4 Å². The Bertz CT molecular complexity index is 467. The van der Waals surface area contributed by atoms with E-state index in [1.165, 1.54) is 64.2 Å². The zero-order valence-electron chi connectivity index (χ0n) is 20.1. The van der Waals surface area contributed by atoms with Gasteiger partial charge in [0.15, 0.2) is 0 Å². The molecule has 0 aliphatic rings. The summed E-state index contributed by atoms with van der Waals surface area (Å²) in [5, 5.41) is -2.45. The molecular weight excluding hydrogens is 399 g/mol. The number of unbranched alkanes of at least 4 members (excludes halogenated alkanes) is 18. The van der Waals surface area contributed by atoms with Crippen LogP contribution < -0.4 is 0 Å². The van der Waals surface area contributed by atoms with Gasteiger partial charge in [-0.2, -0.15) is 8.42 Å². The van der Waals surface area contributed by atoms with E-state index in [-0.39, 0.29) is 12.8 Å². The van der Waals surface area contributed by atoms with Crippen molar-refractivity contribution in [2.45, 2.75) is 160 Å². The molecule has 0 radical (unpaired) electrons. The molecule has 1 atom stereocenters. The van der Waals surface area contributed by atoms with E-state index >= 15 is 0 Å². The van der Waals surface area contributed by atoms with Crippen LogP contribution in [0.4, 0.5) is 4.39 Å². The molecule has 0 aliphatic heterocycles. The van der Waals surface area contributed by atoms with Gasteiger partial charge in [-0.15, -0.1) is 0 Å². The normalized spacial score (nSPS) is 14.1. The zero-order valence-corrected chi connectivity index (χ0v) is 20.9. The van der Waals surface area contributed by atoms with Crippen molar-refractivity contribution in [3.63, 3.8) is 0 Å². The number of rotatable bonds is 23. The van der Waals surface area contributed by atoms with Crippen molar-refractivity contribution in [2.24, 2.45) is 0 Å². The minimum Gasteiger partial charge on any atom is -0.283 e. The molecule has 0 aliphatic carbocycles. The van der Waals surface area contributed by atoms with Gasteiger partial charge >= 0.3 is 0 Å². The van der Waals surface area contributed by atoms with Crippen molar-refractivity contribution in [1.82, 2.24) is 0 Å². The summed E-state index contributed by atoms with van der Waals surface area (Å²) >= 11 is 0. The molecule has 0 saturated carbocycles. The second kappa shape index (κ2) is 19.5. The third-order valence-electron chi connectivity index (χ3n) is 6.27. The van der Waals surface area contributed by atoms with E-state index in [9.17, 15) is 17.4 Å². The molecule has 0 saturated heterocycles. The predicted molar refractivity (Wildman–Crippen MR) is 128 cm³/mol. The van der Waals surface area contributed by atoms with Crippen molar-refractivity contribution in [3.05, 3.63) is 0 Å². The summed E-state index contributed by atoms with van der Waals surface area (Å²) < 4.78 is 47.4. The molecule has 3 nitrogen and oxygen atoms in total. The zero-order chi connectivity index (χ0) is 22.6. The van der Waals surface area contributed by atoms with Crippen LogP contribution in [-0.4, -0.2) is 18.0 Å². The average Bonchev–Trinajstić information content (AvgIpc) is 2.70. The summed E-state index contributed by atoms with van der Waals surface area (Å²) in [6, 6.07) is 0. The molecule has 1 N–H and O–H groups in total. The average molecular weight is 451 g/mol. The Balaban J connectivity index is 3.72. The van der Waals surface area contributed by atoms with Gasteiger partial charge < -0.3 is 0 Å². The maximum absolute atomic E-state index is 14.9. The Kier molecular flexibility index (Phi) is 19.4. The third kappa shape index (κ3) is 16.5. The summed E-state index contributed by atoms with van der Waals surface area (Å²) in [4.78, 5) is 0. The standard InChI is InChI=1S/C25H51FO3S/c1-3-5-7-9-11-12-13-14-15-16-17-18-20-22-24-25(26,30(27,28)29)23-21-19-10-8-6-4-2/h3-24H2,1-2H3,(H,27,28,29). The van der Waals surface area contributed by atoms with Crippen LogP contribution in [-0.2, 0) is 10.1 Å². The van der Waals surface area contributed by atoms with Crippen LogP contribution in [0.2, 0.25) is 0 Å². The first-order valence-corrected chi connectivity index (χ1v) is 14.5. The second-order valence-corrected chi connectivity index (χ2v) is 10.9. The highest BCUT2D eigenvalue weighted by atomic mass is 32.2. The molecule has 0 spiro atoms. The van der Waals surface area contributed by atoms with Gasteiger partial charge in [0.05, 0.1) is 0 Å². The van der Waals surface area contributed by atoms with E-state index in [4.69, 9.17) is 0 Å². The maximum Gasteiger partial charge on any atom is 0.300 e. The lowest BCUT2D eigenvalue weighted by atomic mass is 10.0. The molecule has 5 heteroatoms. The largest absolute Gasteiger partial charge is 0.300 e. The fraction of sp³-hybridized carbons (Fsp3) is 1.00. The smallest absolute Gasteiger partial charge is 0.283 e. The fourth-order valence-corrected chi connectivity index (χ4v) is 4.94. The number of alkyl halides is 1. The quantitative estimate of drug-likeness (QED) is 0.125. The lowest BCUT2D eigenvalue weighted by Crippen LogP contribution is -2.33. The molecule has 0 aromatic heterocycles. The number of halogens is 1. The predicted octanol–water partition coefficient (Wildman–Crippen LogP) is 9.16. The Morgan fingerprint density at radius 3 is 1.00 bits per heavy atom.